The fourth-order valence-electron chi connectivity index (χ4n) is 2.21. The molecule has 2 rings (SSSR count). The van der Waals surface area contributed by atoms with E-state index in [1.165, 1.54) is 0 Å². The van der Waals surface area contributed by atoms with Crippen LogP contribution in [0.15, 0.2) is 30.3 Å². The SMILES string of the molecule is CC1(c2ccccc2)CC(=O)N(CC(=O)O)C1=O. The van der Waals surface area contributed by atoms with Gasteiger partial charge in [-0.2, -0.15) is 0 Å². The molecule has 0 saturated carbocycles. The molecule has 5 nitrogen and oxygen atoms in total. The summed E-state index contributed by atoms with van der Waals surface area (Å²) in [5.41, 5.74) is -0.218. The zero-order chi connectivity index (χ0) is 13.3. The van der Waals surface area contributed by atoms with Crippen molar-refractivity contribution in [2.75, 3.05) is 6.54 Å². The third-order valence-electron chi connectivity index (χ3n) is 3.23. The van der Waals surface area contributed by atoms with Crippen molar-refractivity contribution in [1.82, 2.24) is 4.90 Å². The van der Waals surface area contributed by atoms with Gasteiger partial charge in [0.05, 0.1) is 5.41 Å². The summed E-state index contributed by atoms with van der Waals surface area (Å²) >= 11 is 0. The normalized spacial score (nSPS) is 23.5. The number of hydrogen-bond acceptors (Lipinski definition) is 3. The van der Waals surface area contributed by atoms with Gasteiger partial charge in [0, 0.05) is 6.42 Å². The van der Waals surface area contributed by atoms with Crippen LogP contribution in [0, 0.1) is 0 Å². The fourth-order valence-corrected chi connectivity index (χ4v) is 2.21. The maximum atomic E-state index is 12.2. The molecule has 0 spiro atoms. The number of aliphatic carboxylic acids is 1. The largest absolute Gasteiger partial charge is 0.480 e. The maximum Gasteiger partial charge on any atom is 0.323 e. The van der Waals surface area contributed by atoms with E-state index < -0.39 is 29.7 Å². The second kappa shape index (κ2) is 4.25. The molecule has 1 saturated heterocycles. The zero-order valence-corrected chi connectivity index (χ0v) is 9.92. The second-order valence-corrected chi connectivity index (χ2v) is 4.55. The molecule has 0 bridgehead atoms. The molecule has 1 fully saturated rings. The van der Waals surface area contributed by atoms with Crippen LogP contribution >= 0.6 is 0 Å². The summed E-state index contributed by atoms with van der Waals surface area (Å²) < 4.78 is 0. The molecule has 94 valence electrons. The Hall–Kier alpha value is -2.17. The summed E-state index contributed by atoms with van der Waals surface area (Å²) in [5, 5.41) is 8.70. The van der Waals surface area contributed by atoms with Crippen LogP contribution in [0.5, 0.6) is 0 Å². The molecule has 1 aromatic rings. The van der Waals surface area contributed by atoms with Crippen LogP contribution in [0.25, 0.3) is 0 Å². The molecule has 1 atom stereocenters. The molecular formula is C13H13NO4. The molecule has 1 heterocycles. The highest BCUT2D eigenvalue weighted by atomic mass is 16.4. The van der Waals surface area contributed by atoms with Gasteiger partial charge in [0.15, 0.2) is 0 Å². The average molecular weight is 247 g/mol. The van der Waals surface area contributed by atoms with Gasteiger partial charge in [-0.25, -0.2) is 0 Å². The van der Waals surface area contributed by atoms with Crippen LogP contribution in [0.4, 0.5) is 0 Å². The van der Waals surface area contributed by atoms with E-state index in [0.717, 1.165) is 10.5 Å². The van der Waals surface area contributed by atoms with E-state index in [2.05, 4.69) is 0 Å². The fraction of sp³-hybridized carbons (Fsp3) is 0.308. The highest BCUT2D eigenvalue weighted by Gasteiger charge is 2.49. The molecule has 1 unspecified atom stereocenters. The molecule has 0 radical (unpaired) electrons. The number of benzene rings is 1. The van der Waals surface area contributed by atoms with Crippen LogP contribution in [0.2, 0.25) is 0 Å². The molecule has 18 heavy (non-hydrogen) atoms. The van der Waals surface area contributed by atoms with Crippen LogP contribution in [0.3, 0.4) is 0 Å². The molecule has 1 aliphatic rings. The lowest BCUT2D eigenvalue weighted by molar-refractivity contribution is -0.149. The van der Waals surface area contributed by atoms with Gasteiger partial charge in [-0.3, -0.25) is 19.3 Å². The summed E-state index contributed by atoms with van der Waals surface area (Å²) in [6.07, 6.45) is 0.0170. The number of carboxylic acid groups (broad SMARTS) is 1. The van der Waals surface area contributed by atoms with Gasteiger partial charge >= 0.3 is 5.97 Å². The van der Waals surface area contributed by atoms with Crippen molar-refractivity contribution >= 4 is 17.8 Å². The molecule has 1 N–H and O–H groups in total. The van der Waals surface area contributed by atoms with Crippen molar-refractivity contribution < 1.29 is 19.5 Å². The van der Waals surface area contributed by atoms with E-state index in [4.69, 9.17) is 5.11 Å². The van der Waals surface area contributed by atoms with Crippen molar-refractivity contribution in [3.63, 3.8) is 0 Å². The number of rotatable bonds is 3. The molecule has 2 amide bonds. The highest BCUT2D eigenvalue weighted by Crippen LogP contribution is 2.35. The minimum absolute atomic E-state index is 0.0170. The first-order valence-electron chi connectivity index (χ1n) is 5.57. The lowest BCUT2D eigenvalue weighted by Crippen LogP contribution is -2.39. The number of imide groups is 1. The van der Waals surface area contributed by atoms with Gasteiger partial charge in [-0.15, -0.1) is 0 Å². The van der Waals surface area contributed by atoms with E-state index in [1.807, 2.05) is 6.07 Å². The number of carboxylic acids is 1. The lowest BCUT2D eigenvalue weighted by Gasteiger charge is -2.21. The van der Waals surface area contributed by atoms with Crippen molar-refractivity contribution in [2.45, 2.75) is 18.8 Å². The minimum atomic E-state index is -1.19. The molecule has 1 aromatic carbocycles. The molecule has 5 heteroatoms. The van der Waals surface area contributed by atoms with E-state index in [9.17, 15) is 14.4 Å². The molecule has 0 aromatic heterocycles. The third kappa shape index (κ3) is 1.88. The molecule has 1 aliphatic heterocycles. The van der Waals surface area contributed by atoms with Gasteiger partial charge in [0.2, 0.25) is 11.8 Å². The Kier molecular flexibility index (Phi) is 2.90. The van der Waals surface area contributed by atoms with Gasteiger partial charge in [-0.05, 0) is 12.5 Å². The van der Waals surface area contributed by atoms with Crippen LogP contribution in [-0.4, -0.2) is 34.3 Å². The van der Waals surface area contributed by atoms with Crippen molar-refractivity contribution in [3.8, 4) is 0 Å². The monoisotopic (exact) mass is 247 g/mol. The Morgan fingerprint density at radius 3 is 2.50 bits per heavy atom. The van der Waals surface area contributed by atoms with Crippen molar-refractivity contribution in [1.29, 1.82) is 0 Å². The number of carbonyl (C=O) groups excluding carboxylic acids is 2. The first-order chi connectivity index (χ1) is 8.45. The van der Waals surface area contributed by atoms with E-state index in [0.29, 0.717) is 0 Å². The van der Waals surface area contributed by atoms with E-state index >= 15 is 0 Å². The van der Waals surface area contributed by atoms with Crippen LogP contribution < -0.4 is 0 Å². The van der Waals surface area contributed by atoms with Crippen LogP contribution in [-0.2, 0) is 19.8 Å². The van der Waals surface area contributed by atoms with E-state index in [-0.39, 0.29) is 6.42 Å². The first-order valence-corrected chi connectivity index (χ1v) is 5.57. The predicted molar refractivity (Wildman–Crippen MR) is 62.8 cm³/mol. The number of amides is 2. The van der Waals surface area contributed by atoms with Gasteiger partial charge in [0.25, 0.3) is 0 Å². The maximum absolute atomic E-state index is 12.2. The van der Waals surface area contributed by atoms with Crippen molar-refractivity contribution in [2.24, 2.45) is 0 Å². The number of nitrogens with zero attached hydrogens (tertiary/aromatic N) is 1. The number of hydrogen-bond donors (Lipinski definition) is 1. The van der Waals surface area contributed by atoms with Gasteiger partial charge in [0.1, 0.15) is 6.54 Å². The Balaban J connectivity index is 2.35. The van der Waals surface area contributed by atoms with Crippen molar-refractivity contribution in [3.05, 3.63) is 35.9 Å². The number of likely N-dealkylation sites (tertiary alicyclic amines) is 1. The summed E-state index contributed by atoms with van der Waals surface area (Å²) in [4.78, 5) is 35.4. The standard InChI is InChI=1S/C13H13NO4/c1-13(9-5-3-2-4-6-9)7-10(15)14(12(13)18)8-11(16)17/h2-6H,7-8H2,1H3,(H,16,17). The molecule has 0 aliphatic carbocycles. The predicted octanol–water partition coefficient (Wildman–Crippen LogP) is 0.788. The zero-order valence-electron chi connectivity index (χ0n) is 9.92. The topological polar surface area (TPSA) is 74.7 Å². The summed E-state index contributed by atoms with van der Waals surface area (Å²) in [6, 6.07) is 8.95. The Labute approximate surface area is 104 Å². The Morgan fingerprint density at radius 2 is 1.94 bits per heavy atom. The quantitative estimate of drug-likeness (QED) is 0.801. The minimum Gasteiger partial charge on any atom is -0.480 e. The average Bonchev–Trinajstić information content (AvgIpc) is 2.55. The summed E-state index contributed by atoms with van der Waals surface area (Å²) in [5.74, 6) is -2.07. The Morgan fingerprint density at radius 1 is 1.33 bits per heavy atom. The highest BCUT2D eigenvalue weighted by molar-refractivity contribution is 6.10. The van der Waals surface area contributed by atoms with Gasteiger partial charge in [-0.1, -0.05) is 30.3 Å². The van der Waals surface area contributed by atoms with E-state index in [1.54, 1.807) is 31.2 Å². The van der Waals surface area contributed by atoms with Crippen LogP contribution in [0.1, 0.15) is 18.9 Å². The van der Waals surface area contributed by atoms with Gasteiger partial charge < -0.3 is 5.11 Å². The third-order valence-corrected chi connectivity index (χ3v) is 3.23. The molecular weight excluding hydrogens is 234 g/mol. The second-order valence-electron chi connectivity index (χ2n) is 4.55. The number of carbonyl (C=O) groups is 3. The lowest BCUT2D eigenvalue weighted by atomic mass is 9.81. The Bertz CT molecular complexity index is 511. The first kappa shape index (κ1) is 12.3. The summed E-state index contributed by atoms with van der Waals surface area (Å²) in [7, 11) is 0. The summed E-state index contributed by atoms with van der Waals surface area (Å²) in [6.45, 7) is 1.10. The smallest absolute Gasteiger partial charge is 0.323 e.